The van der Waals surface area contributed by atoms with E-state index in [-0.39, 0.29) is 5.56 Å². The van der Waals surface area contributed by atoms with Crippen molar-refractivity contribution in [3.63, 3.8) is 0 Å². The molecule has 96 valence electrons. The molecule has 0 saturated carbocycles. The van der Waals surface area contributed by atoms with E-state index in [0.717, 1.165) is 24.9 Å². The van der Waals surface area contributed by atoms with Gasteiger partial charge in [-0.25, -0.2) is 4.39 Å². The normalized spacial score (nSPS) is 23.1. The Morgan fingerprint density at radius 3 is 2.83 bits per heavy atom. The fourth-order valence-electron chi connectivity index (χ4n) is 2.91. The Balaban J connectivity index is 2.29. The molecule has 1 aromatic carbocycles. The zero-order valence-corrected chi connectivity index (χ0v) is 11.0. The van der Waals surface area contributed by atoms with E-state index in [1.165, 1.54) is 12.5 Å². The number of hydrogen-bond acceptors (Lipinski definition) is 2. The maximum absolute atomic E-state index is 13.7. The van der Waals surface area contributed by atoms with Gasteiger partial charge in [-0.05, 0) is 44.4 Å². The van der Waals surface area contributed by atoms with Crippen molar-refractivity contribution in [2.24, 2.45) is 0 Å². The molecule has 0 radical (unpaired) electrons. The van der Waals surface area contributed by atoms with Gasteiger partial charge >= 0.3 is 0 Å². The minimum absolute atomic E-state index is 0.123. The first-order valence-corrected chi connectivity index (χ1v) is 6.65. The second-order valence-electron chi connectivity index (χ2n) is 5.05. The summed E-state index contributed by atoms with van der Waals surface area (Å²) in [6.07, 6.45) is 4.63. The van der Waals surface area contributed by atoms with Crippen LogP contribution >= 0.6 is 0 Å². The molecule has 0 bridgehead atoms. The number of anilines is 1. The number of rotatable bonds is 3. The molecular formula is C15H19FN2. The smallest absolute Gasteiger partial charge is 0.143 e. The monoisotopic (exact) mass is 246 g/mol. The Hall–Kier alpha value is -1.56. The van der Waals surface area contributed by atoms with Gasteiger partial charge in [0.15, 0.2) is 0 Å². The van der Waals surface area contributed by atoms with E-state index in [0.29, 0.717) is 12.1 Å². The van der Waals surface area contributed by atoms with Gasteiger partial charge in [0.1, 0.15) is 11.9 Å². The highest BCUT2D eigenvalue weighted by Gasteiger charge is 2.30. The summed E-state index contributed by atoms with van der Waals surface area (Å²) in [7, 11) is 0. The molecule has 2 unspecified atom stereocenters. The first-order chi connectivity index (χ1) is 8.67. The highest BCUT2D eigenvalue weighted by molar-refractivity contribution is 5.52. The number of nitriles is 1. The van der Waals surface area contributed by atoms with Crippen LogP contribution in [0.3, 0.4) is 0 Å². The van der Waals surface area contributed by atoms with Gasteiger partial charge in [0.05, 0.1) is 5.56 Å². The molecule has 2 atom stereocenters. The number of halogens is 1. The summed E-state index contributed by atoms with van der Waals surface area (Å²) in [5.41, 5.74) is 1.03. The predicted octanol–water partition coefficient (Wildman–Crippen LogP) is 3.85. The third-order valence-corrected chi connectivity index (χ3v) is 3.78. The van der Waals surface area contributed by atoms with Crippen molar-refractivity contribution in [3.05, 3.63) is 29.6 Å². The summed E-state index contributed by atoms with van der Waals surface area (Å²) in [5.74, 6) is -0.413. The van der Waals surface area contributed by atoms with Crippen molar-refractivity contribution in [2.45, 2.75) is 51.6 Å². The van der Waals surface area contributed by atoms with E-state index in [1.54, 1.807) is 6.07 Å². The van der Waals surface area contributed by atoms with E-state index in [1.807, 2.05) is 12.1 Å². The zero-order chi connectivity index (χ0) is 13.1. The van der Waals surface area contributed by atoms with Gasteiger partial charge in [0.25, 0.3) is 0 Å². The van der Waals surface area contributed by atoms with Gasteiger partial charge in [0, 0.05) is 17.8 Å². The minimum atomic E-state index is -0.413. The molecule has 0 aromatic heterocycles. The van der Waals surface area contributed by atoms with Crippen LogP contribution in [0.5, 0.6) is 0 Å². The largest absolute Gasteiger partial charge is 0.366 e. The van der Waals surface area contributed by atoms with E-state index in [4.69, 9.17) is 5.26 Å². The molecule has 2 rings (SSSR count). The predicted molar refractivity (Wildman–Crippen MR) is 71.0 cm³/mol. The molecule has 2 nitrogen and oxygen atoms in total. The lowest BCUT2D eigenvalue weighted by atomic mass is 10.1. The molecule has 1 fully saturated rings. The lowest BCUT2D eigenvalue weighted by molar-refractivity contribution is 0.583. The average molecular weight is 246 g/mol. The van der Waals surface area contributed by atoms with Gasteiger partial charge in [-0.2, -0.15) is 5.26 Å². The molecule has 0 aliphatic carbocycles. The van der Waals surface area contributed by atoms with E-state index in [2.05, 4.69) is 18.7 Å². The van der Waals surface area contributed by atoms with E-state index < -0.39 is 5.82 Å². The van der Waals surface area contributed by atoms with Crippen molar-refractivity contribution in [3.8, 4) is 6.07 Å². The molecule has 18 heavy (non-hydrogen) atoms. The van der Waals surface area contributed by atoms with Gasteiger partial charge in [-0.3, -0.25) is 0 Å². The topological polar surface area (TPSA) is 27.0 Å². The SMILES string of the molecule is CCCC1CCC(C)N1c1ccc(C#N)c(F)c1. The van der Waals surface area contributed by atoms with Crippen molar-refractivity contribution in [2.75, 3.05) is 4.90 Å². The summed E-state index contributed by atoms with van der Waals surface area (Å²) in [4.78, 5) is 2.31. The maximum atomic E-state index is 13.7. The quantitative estimate of drug-likeness (QED) is 0.809. The van der Waals surface area contributed by atoms with Crippen molar-refractivity contribution in [1.82, 2.24) is 0 Å². The molecule has 1 heterocycles. The summed E-state index contributed by atoms with van der Waals surface area (Å²) < 4.78 is 13.7. The highest BCUT2D eigenvalue weighted by atomic mass is 19.1. The van der Waals surface area contributed by atoms with Crippen LogP contribution in [-0.2, 0) is 0 Å². The minimum Gasteiger partial charge on any atom is -0.366 e. The Labute approximate surface area is 108 Å². The third-order valence-electron chi connectivity index (χ3n) is 3.78. The number of hydrogen-bond donors (Lipinski definition) is 0. The van der Waals surface area contributed by atoms with Crippen LogP contribution in [0, 0.1) is 17.1 Å². The van der Waals surface area contributed by atoms with E-state index >= 15 is 0 Å². The van der Waals surface area contributed by atoms with Crippen LogP contribution in [0.2, 0.25) is 0 Å². The molecule has 1 aliphatic rings. The Morgan fingerprint density at radius 2 is 2.22 bits per heavy atom. The van der Waals surface area contributed by atoms with Gasteiger partial charge < -0.3 is 4.90 Å². The van der Waals surface area contributed by atoms with Gasteiger partial charge in [0.2, 0.25) is 0 Å². The fourth-order valence-corrected chi connectivity index (χ4v) is 2.91. The molecule has 1 aromatic rings. The molecule has 0 spiro atoms. The van der Waals surface area contributed by atoms with Crippen LogP contribution in [0.4, 0.5) is 10.1 Å². The summed E-state index contributed by atoms with van der Waals surface area (Å²) in [6, 6.07) is 7.78. The fraction of sp³-hybridized carbons (Fsp3) is 0.533. The van der Waals surface area contributed by atoms with Crippen LogP contribution in [0.15, 0.2) is 18.2 Å². The third kappa shape index (κ3) is 2.33. The second kappa shape index (κ2) is 5.39. The molecular weight excluding hydrogens is 227 g/mol. The van der Waals surface area contributed by atoms with Crippen LogP contribution in [-0.4, -0.2) is 12.1 Å². The molecule has 3 heteroatoms. The van der Waals surface area contributed by atoms with Crippen molar-refractivity contribution >= 4 is 5.69 Å². The van der Waals surface area contributed by atoms with Crippen LogP contribution in [0.25, 0.3) is 0 Å². The summed E-state index contributed by atoms with van der Waals surface area (Å²) >= 11 is 0. The number of nitrogens with zero attached hydrogens (tertiary/aromatic N) is 2. The average Bonchev–Trinajstić information content (AvgIpc) is 2.71. The summed E-state index contributed by atoms with van der Waals surface area (Å²) in [6.45, 7) is 4.37. The Kier molecular flexibility index (Phi) is 3.86. The lowest BCUT2D eigenvalue weighted by Gasteiger charge is -2.31. The summed E-state index contributed by atoms with van der Waals surface area (Å²) in [5, 5.41) is 8.76. The first-order valence-electron chi connectivity index (χ1n) is 6.65. The zero-order valence-electron chi connectivity index (χ0n) is 11.0. The highest BCUT2D eigenvalue weighted by Crippen LogP contribution is 2.33. The van der Waals surface area contributed by atoms with Gasteiger partial charge in [-0.15, -0.1) is 0 Å². The first kappa shape index (κ1) is 12.9. The van der Waals surface area contributed by atoms with E-state index in [9.17, 15) is 4.39 Å². The Morgan fingerprint density at radius 1 is 1.44 bits per heavy atom. The lowest BCUT2D eigenvalue weighted by Crippen LogP contribution is -2.34. The second-order valence-corrected chi connectivity index (χ2v) is 5.05. The van der Waals surface area contributed by atoms with Gasteiger partial charge in [-0.1, -0.05) is 13.3 Å². The maximum Gasteiger partial charge on any atom is 0.143 e. The standard InChI is InChI=1S/C15H19FN2/c1-3-4-13-7-5-11(2)18(13)14-8-6-12(10-17)15(16)9-14/h6,8-9,11,13H,3-5,7H2,1-2H3. The molecule has 0 amide bonds. The molecule has 1 saturated heterocycles. The number of benzene rings is 1. The van der Waals surface area contributed by atoms with Crippen molar-refractivity contribution < 1.29 is 4.39 Å². The van der Waals surface area contributed by atoms with Crippen LogP contribution in [0.1, 0.15) is 45.1 Å². The van der Waals surface area contributed by atoms with Crippen LogP contribution < -0.4 is 4.90 Å². The Bertz CT molecular complexity index is 462. The van der Waals surface area contributed by atoms with Crippen molar-refractivity contribution in [1.29, 1.82) is 5.26 Å². The molecule has 0 N–H and O–H groups in total. The molecule has 1 aliphatic heterocycles.